The van der Waals surface area contributed by atoms with E-state index in [1.807, 2.05) is 0 Å². The van der Waals surface area contributed by atoms with E-state index in [4.69, 9.17) is 24.4 Å². The molecular weight excluding hydrogens is 356 g/mol. The zero-order valence-electron chi connectivity index (χ0n) is 14.5. The lowest BCUT2D eigenvalue weighted by atomic mass is 10.2. The van der Waals surface area contributed by atoms with Crippen LogP contribution in [0.15, 0.2) is 24.3 Å². The van der Waals surface area contributed by atoms with Crippen molar-refractivity contribution in [2.45, 2.75) is 46.0 Å². The van der Waals surface area contributed by atoms with Crippen molar-refractivity contribution in [2.24, 2.45) is 0 Å². The van der Waals surface area contributed by atoms with Gasteiger partial charge in [-0.3, -0.25) is 9.59 Å². The molecule has 0 saturated carbocycles. The van der Waals surface area contributed by atoms with E-state index in [1.54, 1.807) is 31.2 Å². The second kappa shape index (κ2) is 11.5. The summed E-state index contributed by atoms with van der Waals surface area (Å²) < 4.78 is 0. The minimum absolute atomic E-state index is 0.0822. The van der Waals surface area contributed by atoms with Crippen molar-refractivity contribution in [3.8, 4) is 0 Å². The van der Waals surface area contributed by atoms with Crippen molar-refractivity contribution in [3.63, 3.8) is 0 Å². The van der Waals surface area contributed by atoms with Crippen LogP contribution in [0, 0.1) is 0 Å². The number of hydrogen-bond acceptors (Lipinski definition) is 4. The van der Waals surface area contributed by atoms with Gasteiger partial charge in [-0.15, -0.1) is 0 Å². The molecule has 0 aliphatic rings. The monoisotopic (exact) mass is 380 g/mol. The Morgan fingerprint density at radius 2 is 1.32 bits per heavy atom. The molecule has 0 unspecified atom stereocenters. The minimum atomic E-state index is -0.143. The average Bonchev–Trinajstić information content (AvgIpc) is 2.56. The first-order valence-electron chi connectivity index (χ1n) is 8.26. The zero-order valence-corrected chi connectivity index (χ0v) is 16.1. The number of hydrogen-bond donors (Lipinski definition) is 4. The number of unbranched alkanes of at least 4 members (excludes halogenated alkanes) is 2. The third-order valence-electron chi connectivity index (χ3n) is 3.24. The fraction of sp³-hybridized carbons (Fsp3) is 0.412. The smallest absolute Gasteiger partial charge is 0.226 e. The number of benzene rings is 1. The van der Waals surface area contributed by atoms with Crippen LogP contribution in [0.5, 0.6) is 0 Å². The fourth-order valence-electron chi connectivity index (χ4n) is 1.90. The van der Waals surface area contributed by atoms with E-state index in [2.05, 4.69) is 28.2 Å². The summed E-state index contributed by atoms with van der Waals surface area (Å²) in [6.45, 7) is 3.84. The third-order valence-corrected chi connectivity index (χ3v) is 3.64. The van der Waals surface area contributed by atoms with Crippen molar-refractivity contribution in [1.29, 1.82) is 0 Å². The molecule has 2 amide bonds. The van der Waals surface area contributed by atoms with Gasteiger partial charge in [-0.1, -0.05) is 26.7 Å². The predicted molar refractivity (Wildman–Crippen MR) is 110 cm³/mol. The fourth-order valence-corrected chi connectivity index (χ4v) is 2.36. The molecule has 0 fully saturated rings. The van der Waals surface area contributed by atoms with Gasteiger partial charge in [0.1, 0.15) is 0 Å². The number of amides is 2. The average molecular weight is 381 g/mol. The van der Waals surface area contributed by atoms with Crippen molar-refractivity contribution in [3.05, 3.63) is 24.3 Å². The molecule has 6 nitrogen and oxygen atoms in total. The molecule has 8 heteroatoms. The van der Waals surface area contributed by atoms with Crippen LogP contribution in [-0.4, -0.2) is 22.0 Å². The van der Waals surface area contributed by atoms with Crippen LogP contribution >= 0.6 is 24.4 Å². The Balaban J connectivity index is 2.43. The van der Waals surface area contributed by atoms with Gasteiger partial charge in [-0.2, -0.15) is 0 Å². The molecule has 0 bridgehead atoms. The Hall–Kier alpha value is -2.06. The van der Waals surface area contributed by atoms with Crippen molar-refractivity contribution >= 4 is 57.8 Å². The van der Waals surface area contributed by atoms with Gasteiger partial charge in [0.25, 0.3) is 0 Å². The summed E-state index contributed by atoms with van der Waals surface area (Å²) in [5.41, 5.74) is 1.48. The summed E-state index contributed by atoms with van der Waals surface area (Å²) in [5, 5.41) is 11.6. The molecule has 1 aromatic carbocycles. The van der Waals surface area contributed by atoms with E-state index in [0.717, 1.165) is 30.6 Å². The molecule has 0 saturated heterocycles. The second-order valence-electron chi connectivity index (χ2n) is 5.39. The highest BCUT2D eigenvalue weighted by molar-refractivity contribution is 7.80. The summed E-state index contributed by atoms with van der Waals surface area (Å²) in [4.78, 5) is 23.0. The summed E-state index contributed by atoms with van der Waals surface area (Å²) in [6.07, 6.45) is 3.80. The standard InChI is InChI=1S/C17H24N4O2S2/c1-3-5-6-7-15(23)21-17(25)19-13-10-8-12(9-11-13)18-16(24)20-14(22)4-2/h8-11H,3-7H2,1-2H3,(H2,18,20,22,24)(H2,19,21,23,25). The quantitative estimate of drug-likeness (QED) is 0.429. The molecular formula is C17H24N4O2S2. The van der Waals surface area contributed by atoms with E-state index in [1.165, 1.54) is 0 Å². The van der Waals surface area contributed by atoms with Gasteiger partial charge in [-0.05, 0) is 55.1 Å². The van der Waals surface area contributed by atoms with E-state index in [0.29, 0.717) is 12.8 Å². The maximum atomic E-state index is 11.7. The molecule has 0 aliphatic carbocycles. The van der Waals surface area contributed by atoms with E-state index < -0.39 is 0 Å². The highest BCUT2D eigenvalue weighted by Crippen LogP contribution is 2.13. The molecule has 0 radical (unpaired) electrons. The molecule has 0 atom stereocenters. The van der Waals surface area contributed by atoms with Crippen LogP contribution in [0.4, 0.5) is 11.4 Å². The summed E-state index contributed by atoms with van der Waals surface area (Å²) in [5.74, 6) is -0.225. The molecule has 0 heterocycles. The second-order valence-corrected chi connectivity index (χ2v) is 6.21. The lowest BCUT2D eigenvalue weighted by Crippen LogP contribution is -2.34. The number of thiocarbonyl (C=S) groups is 2. The normalized spacial score (nSPS) is 9.84. The molecule has 0 aromatic heterocycles. The van der Waals surface area contributed by atoms with Crippen LogP contribution in [-0.2, 0) is 9.59 Å². The first-order chi connectivity index (χ1) is 11.9. The van der Waals surface area contributed by atoms with E-state index in [-0.39, 0.29) is 22.0 Å². The maximum Gasteiger partial charge on any atom is 0.226 e. The third kappa shape index (κ3) is 9.11. The minimum Gasteiger partial charge on any atom is -0.332 e. The van der Waals surface area contributed by atoms with Gasteiger partial charge in [0.15, 0.2) is 10.2 Å². The van der Waals surface area contributed by atoms with Crippen LogP contribution in [0.2, 0.25) is 0 Å². The molecule has 4 N–H and O–H groups in total. The first-order valence-corrected chi connectivity index (χ1v) is 9.08. The molecule has 25 heavy (non-hydrogen) atoms. The Kier molecular flexibility index (Phi) is 9.64. The van der Waals surface area contributed by atoms with Gasteiger partial charge in [0, 0.05) is 24.2 Å². The van der Waals surface area contributed by atoms with Crippen LogP contribution < -0.4 is 21.3 Å². The predicted octanol–water partition coefficient (Wildman–Crippen LogP) is 3.30. The van der Waals surface area contributed by atoms with Crippen LogP contribution in [0.1, 0.15) is 46.0 Å². The van der Waals surface area contributed by atoms with Crippen LogP contribution in [0.3, 0.4) is 0 Å². The number of carbonyl (C=O) groups is 2. The van der Waals surface area contributed by atoms with E-state index in [9.17, 15) is 9.59 Å². The Labute approximate surface area is 159 Å². The molecule has 136 valence electrons. The van der Waals surface area contributed by atoms with Crippen molar-refractivity contribution in [1.82, 2.24) is 10.6 Å². The van der Waals surface area contributed by atoms with Crippen molar-refractivity contribution in [2.75, 3.05) is 10.6 Å². The molecule has 1 rings (SSSR count). The highest BCUT2D eigenvalue weighted by atomic mass is 32.1. The van der Waals surface area contributed by atoms with Gasteiger partial charge in [0.05, 0.1) is 0 Å². The number of carbonyl (C=O) groups excluding carboxylic acids is 2. The SMILES string of the molecule is CCCCCC(=O)NC(=S)Nc1ccc(NC(=S)NC(=O)CC)cc1. The van der Waals surface area contributed by atoms with Crippen molar-refractivity contribution < 1.29 is 9.59 Å². The lowest BCUT2D eigenvalue weighted by Gasteiger charge is -2.11. The zero-order chi connectivity index (χ0) is 18.7. The Morgan fingerprint density at radius 1 is 0.840 bits per heavy atom. The summed E-state index contributed by atoms with van der Waals surface area (Å²) in [6, 6.07) is 7.17. The Morgan fingerprint density at radius 3 is 1.76 bits per heavy atom. The lowest BCUT2D eigenvalue weighted by molar-refractivity contribution is -0.120. The molecule has 0 aliphatic heterocycles. The number of anilines is 2. The largest absolute Gasteiger partial charge is 0.332 e. The highest BCUT2D eigenvalue weighted by Gasteiger charge is 2.05. The van der Waals surface area contributed by atoms with E-state index >= 15 is 0 Å². The number of rotatable bonds is 7. The van der Waals surface area contributed by atoms with Crippen LogP contribution in [0.25, 0.3) is 0 Å². The summed E-state index contributed by atoms with van der Waals surface area (Å²) in [7, 11) is 0. The van der Waals surface area contributed by atoms with Gasteiger partial charge < -0.3 is 21.3 Å². The summed E-state index contributed by atoms with van der Waals surface area (Å²) >= 11 is 10.2. The number of nitrogens with one attached hydrogen (secondary N) is 4. The Bertz CT molecular complexity index is 618. The molecule has 0 spiro atoms. The van der Waals surface area contributed by atoms with Gasteiger partial charge in [-0.25, -0.2) is 0 Å². The topological polar surface area (TPSA) is 82.3 Å². The van der Waals surface area contributed by atoms with Gasteiger partial charge >= 0.3 is 0 Å². The maximum absolute atomic E-state index is 11.7. The van der Waals surface area contributed by atoms with Gasteiger partial charge in [0.2, 0.25) is 11.8 Å². The molecule has 1 aromatic rings. The first kappa shape index (κ1) is 21.0.